The molecule has 0 bridgehead atoms. The lowest BCUT2D eigenvalue weighted by molar-refractivity contribution is 0.247. The first kappa shape index (κ1) is 12.0. The number of rotatable bonds is 4. The Morgan fingerprint density at radius 1 is 1.21 bits per heavy atom. The molecule has 1 N–H and O–H groups in total. The molecule has 0 spiro atoms. The van der Waals surface area contributed by atoms with E-state index in [-0.39, 0.29) is 0 Å². The molecule has 0 aromatic heterocycles. The van der Waals surface area contributed by atoms with Crippen LogP contribution >= 0.6 is 0 Å². The minimum Gasteiger partial charge on any atom is -0.313 e. The second kappa shape index (κ2) is 6.41. The fourth-order valence-corrected chi connectivity index (χ4v) is 2.20. The van der Waals surface area contributed by atoms with E-state index < -0.39 is 0 Å². The normalized spacial score (nSPS) is 30.2. The van der Waals surface area contributed by atoms with E-state index in [9.17, 15) is 0 Å². The van der Waals surface area contributed by atoms with Gasteiger partial charge in [-0.05, 0) is 32.4 Å². The van der Waals surface area contributed by atoms with Crippen molar-refractivity contribution in [1.29, 1.82) is 0 Å². The Hall–Kier alpha value is -0.0800. The Kier molecular flexibility index (Phi) is 5.49. The summed E-state index contributed by atoms with van der Waals surface area (Å²) in [6, 6.07) is 0.668. The molecular weight excluding hydrogens is 172 g/mol. The quantitative estimate of drug-likeness (QED) is 0.696. The van der Waals surface area contributed by atoms with Crippen LogP contribution in [0.4, 0.5) is 0 Å². The highest BCUT2D eigenvalue weighted by Crippen LogP contribution is 2.07. The van der Waals surface area contributed by atoms with Gasteiger partial charge in [-0.2, -0.15) is 0 Å². The van der Waals surface area contributed by atoms with Gasteiger partial charge in [-0.25, -0.2) is 0 Å². The third-order valence-corrected chi connectivity index (χ3v) is 2.99. The van der Waals surface area contributed by atoms with Crippen LogP contribution in [-0.4, -0.2) is 37.1 Å². The highest BCUT2D eigenvalue weighted by molar-refractivity contribution is 4.76. The molecule has 2 unspecified atom stereocenters. The van der Waals surface area contributed by atoms with E-state index in [1.807, 2.05) is 0 Å². The fourth-order valence-electron chi connectivity index (χ4n) is 2.20. The Morgan fingerprint density at radius 3 is 2.71 bits per heavy atom. The van der Waals surface area contributed by atoms with Crippen LogP contribution in [0.5, 0.6) is 0 Å². The largest absolute Gasteiger partial charge is 0.313 e. The van der Waals surface area contributed by atoms with Crippen LogP contribution in [0.2, 0.25) is 0 Å². The van der Waals surface area contributed by atoms with Gasteiger partial charge in [0, 0.05) is 19.1 Å². The summed E-state index contributed by atoms with van der Waals surface area (Å²) in [6.07, 6.45) is 4.08. The zero-order valence-corrected chi connectivity index (χ0v) is 10.1. The summed E-state index contributed by atoms with van der Waals surface area (Å²) >= 11 is 0. The van der Waals surface area contributed by atoms with Crippen molar-refractivity contribution in [2.75, 3.05) is 26.2 Å². The molecule has 1 rings (SSSR count). The van der Waals surface area contributed by atoms with Gasteiger partial charge in [-0.3, -0.25) is 0 Å². The second-order valence-electron chi connectivity index (χ2n) is 4.88. The topological polar surface area (TPSA) is 15.3 Å². The molecule has 2 atom stereocenters. The van der Waals surface area contributed by atoms with E-state index in [4.69, 9.17) is 0 Å². The van der Waals surface area contributed by atoms with Crippen molar-refractivity contribution in [3.63, 3.8) is 0 Å². The number of hydrogen-bond donors (Lipinski definition) is 1. The van der Waals surface area contributed by atoms with Crippen molar-refractivity contribution in [3.8, 4) is 0 Å². The highest BCUT2D eigenvalue weighted by atomic mass is 15.2. The molecule has 0 amide bonds. The number of nitrogens with one attached hydrogen (secondary N) is 1. The van der Waals surface area contributed by atoms with Crippen molar-refractivity contribution >= 4 is 0 Å². The third-order valence-electron chi connectivity index (χ3n) is 2.99. The maximum absolute atomic E-state index is 3.57. The molecule has 1 saturated heterocycles. The van der Waals surface area contributed by atoms with Crippen LogP contribution in [0.3, 0.4) is 0 Å². The van der Waals surface area contributed by atoms with E-state index >= 15 is 0 Å². The SMILES string of the molecule is CCCCCN1CC(C)CNC(C)C1. The van der Waals surface area contributed by atoms with Gasteiger partial charge in [-0.1, -0.05) is 26.7 Å². The van der Waals surface area contributed by atoms with Crippen LogP contribution in [0, 0.1) is 5.92 Å². The molecule has 1 aliphatic rings. The molecule has 84 valence electrons. The van der Waals surface area contributed by atoms with Crippen LogP contribution < -0.4 is 5.32 Å². The van der Waals surface area contributed by atoms with Gasteiger partial charge in [0.2, 0.25) is 0 Å². The van der Waals surface area contributed by atoms with Gasteiger partial charge < -0.3 is 10.2 Å². The van der Waals surface area contributed by atoms with Crippen LogP contribution in [0.25, 0.3) is 0 Å². The van der Waals surface area contributed by atoms with Gasteiger partial charge in [0.1, 0.15) is 0 Å². The smallest absolute Gasteiger partial charge is 0.0166 e. The number of unbranched alkanes of at least 4 members (excludes halogenated alkanes) is 2. The van der Waals surface area contributed by atoms with Crippen molar-refractivity contribution in [2.24, 2.45) is 5.92 Å². The van der Waals surface area contributed by atoms with Gasteiger partial charge in [0.05, 0.1) is 0 Å². The lowest BCUT2D eigenvalue weighted by Gasteiger charge is -2.23. The molecule has 1 heterocycles. The Bertz CT molecular complexity index is 135. The van der Waals surface area contributed by atoms with Crippen LogP contribution in [0.15, 0.2) is 0 Å². The number of hydrogen-bond acceptors (Lipinski definition) is 2. The number of nitrogens with zero attached hydrogens (tertiary/aromatic N) is 1. The lowest BCUT2D eigenvalue weighted by Crippen LogP contribution is -2.35. The van der Waals surface area contributed by atoms with E-state index in [0.717, 1.165) is 5.92 Å². The minimum atomic E-state index is 0.668. The monoisotopic (exact) mass is 198 g/mol. The fraction of sp³-hybridized carbons (Fsp3) is 1.00. The average Bonchev–Trinajstić information content (AvgIpc) is 2.29. The summed E-state index contributed by atoms with van der Waals surface area (Å²) in [5.74, 6) is 0.807. The molecule has 0 saturated carbocycles. The minimum absolute atomic E-state index is 0.668. The predicted molar refractivity (Wildman–Crippen MR) is 62.6 cm³/mol. The molecule has 1 fully saturated rings. The van der Waals surface area contributed by atoms with Crippen LogP contribution in [0.1, 0.15) is 40.0 Å². The maximum Gasteiger partial charge on any atom is 0.0166 e. The summed E-state index contributed by atoms with van der Waals surface area (Å²) in [7, 11) is 0. The van der Waals surface area contributed by atoms with Crippen molar-refractivity contribution in [3.05, 3.63) is 0 Å². The first-order valence-electron chi connectivity index (χ1n) is 6.18. The maximum atomic E-state index is 3.57. The molecule has 0 aliphatic carbocycles. The zero-order valence-electron chi connectivity index (χ0n) is 10.1. The Morgan fingerprint density at radius 2 is 2.00 bits per heavy atom. The Labute approximate surface area is 89.1 Å². The van der Waals surface area contributed by atoms with E-state index in [1.165, 1.54) is 45.4 Å². The third kappa shape index (κ3) is 4.43. The Balaban J connectivity index is 2.26. The summed E-state index contributed by atoms with van der Waals surface area (Å²) in [5, 5.41) is 3.57. The van der Waals surface area contributed by atoms with E-state index in [2.05, 4.69) is 31.0 Å². The van der Waals surface area contributed by atoms with Gasteiger partial charge >= 0.3 is 0 Å². The van der Waals surface area contributed by atoms with Crippen LogP contribution in [-0.2, 0) is 0 Å². The van der Waals surface area contributed by atoms with Crippen molar-refractivity contribution < 1.29 is 0 Å². The predicted octanol–water partition coefficient (Wildman–Crippen LogP) is 2.11. The van der Waals surface area contributed by atoms with E-state index in [0.29, 0.717) is 6.04 Å². The molecular formula is C12H26N2. The first-order valence-corrected chi connectivity index (χ1v) is 6.18. The van der Waals surface area contributed by atoms with Gasteiger partial charge in [0.15, 0.2) is 0 Å². The average molecular weight is 198 g/mol. The van der Waals surface area contributed by atoms with Gasteiger partial charge in [0.25, 0.3) is 0 Å². The lowest BCUT2D eigenvalue weighted by atomic mass is 10.1. The van der Waals surface area contributed by atoms with Crippen molar-refractivity contribution in [2.45, 2.75) is 46.1 Å². The molecule has 0 aromatic rings. The van der Waals surface area contributed by atoms with Gasteiger partial charge in [-0.15, -0.1) is 0 Å². The summed E-state index contributed by atoms with van der Waals surface area (Å²) in [5.41, 5.74) is 0. The molecule has 14 heavy (non-hydrogen) atoms. The summed E-state index contributed by atoms with van der Waals surface area (Å²) in [4.78, 5) is 2.63. The molecule has 0 aromatic carbocycles. The van der Waals surface area contributed by atoms with E-state index in [1.54, 1.807) is 0 Å². The summed E-state index contributed by atoms with van der Waals surface area (Å²) < 4.78 is 0. The van der Waals surface area contributed by atoms with Crippen molar-refractivity contribution in [1.82, 2.24) is 10.2 Å². The standard InChI is InChI=1S/C12H26N2/c1-4-5-6-7-14-9-11(2)8-13-12(3)10-14/h11-13H,4-10H2,1-3H3. The summed E-state index contributed by atoms with van der Waals surface area (Å²) in [6.45, 7) is 11.9. The molecule has 2 heteroatoms. The zero-order chi connectivity index (χ0) is 10.4. The second-order valence-corrected chi connectivity index (χ2v) is 4.88. The molecule has 0 radical (unpaired) electrons. The first-order chi connectivity index (χ1) is 6.72. The molecule has 1 aliphatic heterocycles. The highest BCUT2D eigenvalue weighted by Gasteiger charge is 2.17. The molecule has 2 nitrogen and oxygen atoms in total.